The largest absolute Gasteiger partial charge is 0.425 e. The van der Waals surface area contributed by atoms with E-state index in [9.17, 15) is 9.59 Å². The van der Waals surface area contributed by atoms with Crippen LogP contribution in [0.5, 0.6) is 0 Å². The molecule has 0 radical (unpaired) electrons. The SMILES string of the molecule is CC(OC(=O)C(C)(C)C)OC(=O)C(C)(C)C. The average Bonchev–Trinajstić information content (AvgIpc) is 1.99. The van der Waals surface area contributed by atoms with Crippen LogP contribution in [0.4, 0.5) is 0 Å². The van der Waals surface area contributed by atoms with Gasteiger partial charge in [-0.05, 0) is 41.5 Å². The lowest BCUT2D eigenvalue weighted by molar-refractivity contribution is -0.195. The maximum Gasteiger partial charge on any atom is 0.314 e. The fourth-order valence-electron chi connectivity index (χ4n) is 0.679. The van der Waals surface area contributed by atoms with Crippen LogP contribution in [-0.4, -0.2) is 18.2 Å². The Morgan fingerprint density at radius 2 is 1.06 bits per heavy atom. The second-order valence-corrected chi connectivity index (χ2v) is 5.88. The number of carbonyl (C=O) groups excluding carboxylic acids is 2. The zero-order valence-electron chi connectivity index (χ0n) is 11.2. The normalized spacial score (nSPS) is 12.5. The third-order valence-electron chi connectivity index (χ3n) is 1.77. The predicted molar refractivity (Wildman–Crippen MR) is 60.6 cm³/mol. The van der Waals surface area contributed by atoms with Crippen molar-refractivity contribution in [2.75, 3.05) is 0 Å². The highest BCUT2D eigenvalue weighted by Crippen LogP contribution is 2.19. The van der Waals surface area contributed by atoms with E-state index >= 15 is 0 Å². The summed E-state index contributed by atoms with van der Waals surface area (Å²) in [6.45, 7) is 12.0. The van der Waals surface area contributed by atoms with Crippen molar-refractivity contribution in [3.8, 4) is 0 Å². The van der Waals surface area contributed by atoms with Crippen LogP contribution in [-0.2, 0) is 19.1 Å². The second-order valence-electron chi connectivity index (χ2n) is 5.88. The summed E-state index contributed by atoms with van der Waals surface area (Å²) >= 11 is 0. The van der Waals surface area contributed by atoms with Crippen LogP contribution in [0.25, 0.3) is 0 Å². The molecule has 0 rings (SSSR count). The Morgan fingerprint density at radius 1 is 0.812 bits per heavy atom. The molecule has 0 amide bonds. The van der Waals surface area contributed by atoms with Gasteiger partial charge in [0, 0.05) is 6.92 Å². The molecule has 4 nitrogen and oxygen atoms in total. The summed E-state index contributed by atoms with van der Waals surface area (Å²) in [5, 5.41) is 0. The monoisotopic (exact) mass is 230 g/mol. The zero-order chi connectivity index (χ0) is 13.1. The van der Waals surface area contributed by atoms with Gasteiger partial charge in [-0.2, -0.15) is 0 Å². The number of hydrogen-bond donors (Lipinski definition) is 0. The Labute approximate surface area is 97.3 Å². The molecule has 0 fully saturated rings. The van der Waals surface area contributed by atoms with Crippen LogP contribution in [0, 0.1) is 10.8 Å². The summed E-state index contributed by atoms with van der Waals surface area (Å²) in [6, 6.07) is 0. The maximum atomic E-state index is 11.5. The fraction of sp³-hybridized carbons (Fsp3) is 0.833. The molecule has 94 valence electrons. The van der Waals surface area contributed by atoms with Gasteiger partial charge in [-0.1, -0.05) is 0 Å². The molecule has 0 bridgehead atoms. The summed E-state index contributed by atoms with van der Waals surface area (Å²) in [6.07, 6.45) is -0.849. The molecule has 0 aromatic carbocycles. The fourth-order valence-corrected chi connectivity index (χ4v) is 0.679. The van der Waals surface area contributed by atoms with Gasteiger partial charge < -0.3 is 9.47 Å². The number of carbonyl (C=O) groups is 2. The maximum absolute atomic E-state index is 11.5. The Bertz CT molecular complexity index is 240. The van der Waals surface area contributed by atoms with Crippen molar-refractivity contribution in [3.05, 3.63) is 0 Å². The molecule has 0 aromatic rings. The third-order valence-corrected chi connectivity index (χ3v) is 1.77. The van der Waals surface area contributed by atoms with E-state index in [-0.39, 0.29) is 11.9 Å². The lowest BCUT2D eigenvalue weighted by Crippen LogP contribution is -2.32. The Hall–Kier alpha value is -1.06. The Balaban J connectivity index is 4.26. The first-order valence-electron chi connectivity index (χ1n) is 5.37. The van der Waals surface area contributed by atoms with Gasteiger partial charge in [0.1, 0.15) is 0 Å². The molecule has 0 aliphatic rings. The van der Waals surface area contributed by atoms with E-state index in [1.54, 1.807) is 41.5 Å². The molecule has 0 spiro atoms. The summed E-state index contributed by atoms with van der Waals surface area (Å²) in [4.78, 5) is 23.0. The summed E-state index contributed by atoms with van der Waals surface area (Å²) in [5.74, 6) is -0.775. The first-order valence-corrected chi connectivity index (χ1v) is 5.37. The minimum Gasteiger partial charge on any atom is -0.425 e. The standard InChI is InChI=1S/C12H22O4/c1-8(15-9(13)11(2,3)4)16-10(14)12(5,6)7/h8H,1-7H3. The first kappa shape index (κ1) is 14.9. The first-order chi connectivity index (χ1) is 6.94. The average molecular weight is 230 g/mol. The van der Waals surface area contributed by atoms with Crippen molar-refractivity contribution in [2.24, 2.45) is 10.8 Å². The lowest BCUT2D eigenvalue weighted by atomic mass is 9.97. The quantitative estimate of drug-likeness (QED) is 0.540. The zero-order valence-corrected chi connectivity index (χ0v) is 11.2. The molecule has 0 atom stereocenters. The van der Waals surface area contributed by atoms with Gasteiger partial charge in [0.25, 0.3) is 0 Å². The molecule has 0 unspecified atom stereocenters. The minimum absolute atomic E-state index is 0.387. The van der Waals surface area contributed by atoms with Crippen molar-refractivity contribution in [1.82, 2.24) is 0 Å². The highest BCUT2D eigenvalue weighted by atomic mass is 16.7. The number of hydrogen-bond acceptors (Lipinski definition) is 4. The topological polar surface area (TPSA) is 52.6 Å². The van der Waals surface area contributed by atoms with Crippen LogP contribution in [0.15, 0.2) is 0 Å². The van der Waals surface area contributed by atoms with Crippen molar-refractivity contribution in [1.29, 1.82) is 0 Å². The predicted octanol–water partition coefficient (Wildman–Crippen LogP) is 2.51. The second kappa shape index (κ2) is 4.85. The van der Waals surface area contributed by atoms with E-state index in [2.05, 4.69) is 0 Å². The summed E-state index contributed by atoms with van der Waals surface area (Å²) < 4.78 is 10.00. The highest BCUT2D eigenvalue weighted by Gasteiger charge is 2.29. The van der Waals surface area contributed by atoms with Gasteiger partial charge in [-0.25, -0.2) is 0 Å². The molecular weight excluding hydrogens is 208 g/mol. The summed E-state index contributed by atoms with van der Waals surface area (Å²) in [7, 11) is 0. The van der Waals surface area contributed by atoms with Gasteiger partial charge in [-0.15, -0.1) is 0 Å². The van der Waals surface area contributed by atoms with E-state index in [1.165, 1.54) is 6.92 Å². The van der Waals surface area contributed by atoms with Gasteiger partial charge >= 0.3 is 11.9 Å². The molecule has 16 heavy (non-hydrogen) atoms. The highest BCUT2D eigenvalue weighted by molar-refractivity contribution is 5.77. The van der Waals surface area contributed by atoms with Crippen molar-refractivity contribution >= 4 is 11.9 Å². The van der Waals surface area contributed by atoms with Gasteiger partial charge in [0.2, 0.25) is 6.29 Å². The van der Waals surface area contributed by atoms with E-state index in [0.29, 0.717) is 0 Å². The number of esters is 2. The van der Waals surface area contributed by atoms with Gasteiger partial charge in [0.15, 0.2) is 0 Å². The molecule has 0 heterocycles. The minimum atomic E-state index is -0.849. The van der Waals surface area contributed by atoms with Gasteiger partial charge in [-0.3, -0.25) is 9.59 Å². The molecule has 0 N–H and O–H groups in total. The number of rotatable bonds is 2. The van der Waals surface area contributed by atoms with Crippen LogP contribution in [0.3, 0.4) is 0 Å². The van der Waals surface area contributed by atoms with Crippen LogP contribution >= 0.6 is 0 Å². The van der Waals surface area contributed by atoms with E-state index in [1.807, 2.05) is 0 Å². The molecular formula is C12H22O4. The van der Waals surface area contributed by atoms with Crippen molar-refractivity contribution in [2.45, 2.75) is 54.8 Å². The smallest absolute Gasteiger partial charge is 0.314 e. The number of ether oxygens (including phenoxy) is 2. The molecule has 4 heteroatoms. The molecule has 0 aromatic heterocycles. The van der Waals surface area contributed by atoms with E-state index < -0.39 is 17.1 Å². The molecule has 0 saturated heterocycles. The lowest BCUT2D eigenvalue weighted by Gasteiger charge is -2.23. The molecule has 0 aliphatic carbocycles. The Kier molecular flexibility index (Phi) is 4.53. The van der Waals surface area contributed by atoms with E-state index in [4.69, 9.17) is 9.47 Å². The third kappa shape index (κ3) is 5.14. The van der Waals surface area contributed by atoms with Crippen LogP contribution in [0.2, 0.25) is 0 Å². The molecule has 0 aliphatic heterocycles. The van der Waals surface area contributed by atoms with Crippen molar-refractivity contribution < 1.29 is 19.1 Å². The van der Waals surface area contributed by atoms with E-state index in [0.717, 1.165) is 0 Å². The van der Waals surface area contributed by atoms with Gasteiger partial charge in [0.05, 0.1) is 10.8 Å². The molecule has 0 saturated carbocycles. The van der Waals surface area contributed by atoms with Crippen LogP contribution < -0.4 is 0 Å². The van der Waals surface area contributed by atoms with Crippen LogP contribution in [0.1, 0.15) is 48.5 Å². The van der Waals surface area contributed by atoms with Crippen molar-refractivity contribution in [3.63, 3.8) is 0 Å². The Morgan fingerprint density at radius 3 is 1.25 bits per heavy atom. The summed E-state index contributed by atoms with van der Waals surface area (Å²) in [5.41, 5.74) is -1.19.